The number of rotatable bonds is 5. The summed E-state index contributed by atoms with van der Waals surface area (Å²) in [5.74, 6) is 0. The maximum atomic E-state index is 12.6. The quantitative estimate of drug-likeness (QED) is 0.855. The van der Waals surface area contributed by atoms with Crippen LogP contribution in [-0.4, -0.2) is 38.6 Å². The highest BCUT2D eigenvalue weighted by atomic mass is 32.1. The van der Waals surface area contributed by atoms with Crippen molar-refractivity contribution >= 4 is 23.3 Å². The summed E-state index contributed by atoms with van der Waals surface area (Å²) in [6, 6.07) is 4.28. The number of hydrogen-bond acceptors (Lipinski definition) is 4. The summed E-state index contributed by atoms with van der Waals surface area (Å²) in [6.07, 6.45) is 7.76. The van der Waals surface area contributed by atoms with Gasteiger partial charge in [-0.1, -0.05) is 13.3 Å². The topological polar surface area (TPSA) is 53.9 Å². The first-order chi connectivity index (χ1) is 11.2. The first kappa shape index (κ1) is 16.3. The van der Waals surface area contributed by atoms with Crippen LogP contribution in [-0.2, 0) is 6.54 Å². The van der Waals surface area contributed by atoms with E-state index in [1.54, 1.807) is 22.9 Å². The zero-order chi connectivity index (χ0) is 16.2. The first-order valence-electron chi connectivity index (χ1n) is 8.52. The van der Waals surface area contributed by atoms with Gasteiger partial charge in [-0.2, -0.15) is 0 Å². The summed E-state index contributed by atoms with van der Waals surface area (Å²) in [6.45, 7) is 5.14. The van der Waals surface area contributed by atoms with Gasteiger partial charge in [-0.25, -0.2) is 4.98 Å². The van der Waals surface area contributed by atoms with E-state index in [1.165, 1.54) is 32.2 Å². The van der Waals surface area contributed by atoms with E-state index in [0.717, 1.165) is 13.0 Å². The third-order valence-corrected chi connectivity index (χ3v) is 5.12. The number of H-pyrrole nitrogens is 1. The average molecular weight is 332 g/mol. The van der Waals surface area contributed by atoms with Crippen LogP contribution in [0.4, 0.5) is 0 Å². The molecule has 1 fully saturated rings. The summed E-state index contributed by atoms with van der Waals surface area (Å²) >= 11 is 5.34. The number of nitrogens with zero attached hydrogens (tertiary/aromatic N) is 3. The van der Waals surface area contributed by atoms with Gasteiger partial charge in [0.15, 0.2) is 4.77 Å². The van der Waals surface area contributed by atoms with Crippen LogP contribution in [0.2, 0.25) is 0 Å². The molecule has 0 saturated carbocycles. The molecule has 1 saturated heterocycles. The molecule has 6 heteroatoms. The van der Waals surface area contributed by atoms with Crippen LogP contribution in [0.25, 0.3) is 11.0 Å². The highest BCUT2D eigenvalue weighted by Crippen LogP contribution is 2.19. The van der Waals surface area contributed by atoms with Crippen molar-refractivity contribution < 1.29 is 0 Å². The zero-order valence-electron chi connectivity index (χ0n) is 13.6. The number of pyridine rings is 1. The highest BCUT2D eigenvalue weighted by molar-refractivity contribution is 7.71. The Morgan fingerprint density at radius 1 is 1.39 bits per heavy atom. The van der Waals surface area contributed by atoms with Gasteiger partial charge >= 0.3 is 0 Å². The molecule has 3 heterocycles. The summed E-state index contributed by atoms with van der Waals surface area (Å²) in [5, 5.41) is 0.602. The molecular weight excluding hydrogens is 308 g/mol. The predicted molar refractivity (Wildman–Crippen MR) is 95.3 cm³/mol. The van der Waals surface area contributed by atoms with Crippen LogP contribution in [0.5, 0.6) is 0 Å². The van der Waals surface area contributed by atoms with Gasteiger partial charge in [0, 0.05) is 25.3 Å². The van der Waals surface area contributed by atoms with E-state index in [2.05, 4.69) is 21.8 Å². The second-order valence-electron chi connectivity index (χ2n) is 6.23. The molecule has 1 N–H and O–H groups in total. The van der Waals surface area contributed by atoms with Crippen molar-refractivity contribution in [2.24, 2.45) is 0 Å². The lowest BCUT2D eigenvalue weighted by Gasteiger charge is -2.35. The fourth-order valence-corrected chi connectivity index (χ4v) is 3.81. The normalized spacial score (nSPS) is 19.3. The fourth-order valence-electron chi connectivity index (χ4n) is 3.54. The fraction of sp³-hybridized carbons (Fsp3) is 0.588. The molecule has 2 aromatic heterocycles. The number of piperidine rings is 1. The van der Waals surface area contributed by atoms with Crippen LogP contribution in [0, 0.1) is 4.77 Å². The summed E-state index contributed by atoms with van der Waals surface area (Å²) in [5.41, 5.74) is 0.531. The average Bonchev–Trinajstić information content (AvgIpc) is 2.58. The van der Waals surface area contributed by atoms with Crippen molar-refractivity contribution in [3.8, 4) is 0 Å². The lowest BCUT2D eigenvalue weighted by Crippen LogP contribution is -2.40. The molecule has 0 amide bonds. The molecule has 0 aromatic carbocycles. The lowest BCUT2D eigenvalue weighted by molar-refractivity contribution is 0.140. The Labute approximate surface area is 141 Å². The Morgan fingerprint density at radius 2 is 2.26 bits per heavy atom. The monoisotopic (exact) mass is 332 g/mol. The molecule has 0 bridgehead atoms. The zero-order valence-corrected chi connectivity index (χ0v) is 14.4. The molecule has 5 nitrogen and oxygen atoms in total. The molecular formula is C17H24N4OS. The Hall–Kier alpha value is -1.53. The number of hydrogen-bond donors (Lipinski definition) is 1. The van der Waals surface area contributed by atoms with Crippen molar-refractivity contribution in [2.75, 3.05) is 13.1 Å². The van der Waals surface area contributed by atoms with Gasteiger partial charge in [-0.15, -0.1) is 0 Å². The Kier molecular flexibility index (Phi) is 5.23. The van der Waals surface area contributed by atoms with Crippen LogP contribution in [0.3, 0.4) is 0 Å². The maximum absolute atomic E-state index is 12.6. The second-order valence-corrected chi connectivity index (χ2v) is 6.62. The van der Waals surface area contributed by atoms with Gasteiger partial charge in [-0.3, -0.25) is 9.36 Å². The first-order valence-corrected chi connectivity index (χ1v) is 8.93. The van der Waals surface area contributed by atoms with Crippen molar-refractivity contribution in [1.82, 2.24) is 19.4 Å². The van der Waals surface area contributed by atoms with E-state index in [-0.39, 0.29) is 5.56 Å². The van der Waals surface area contributed by atoms with E-state index in [0.29, 0.717) is 28.4 Å². The minimum atomic E-state index is -0.0393. The molecule has 124 valence electrons. The molecule has 0 unspecified atom stereocenters. The smallest absolute Gasteiger partial charge is 0.263 e. The molecule has 2 aromatic rings. The largest absolute Gasteiger partial charge is 0.316 e. The molecule has 1 aliphatic rings. The Morgan fingerprint density at radius 3 is 3.09 bits per heavy atom. The lowest BCUT2D eigenvalue weighted by atomic mass is 10.00. The van der Waals surface area contributed by atoms with Crippen LogP contribution in [0.15, 0.2) is 23.1 Å². The van der Waals surface area contributed by atoms with Crippen molar-refractivity contribution in [3.05, 3.63) is 33.5 Å². The van der Waals surface area contributed by atoms with E-state index in [9.17, 15) is 4.79 Å². The van der Waals surface area contributed by atoms with Crippen molar-refractivity contribution in [3.63, 3.8) is 0 Å². The molecule has 0 aliphatic carbocycles. The SMILES string of the molecule is CC[C@H]1CCCCN1CCCn1c(=S)[nH]c2ncccc2c1=O. The maximum Gasteiger partial charge on any atom is 0.263 e. The Bertz CT molecular complexity index is 782. The standard InChI is InChI=1S/C17H24N4OS/c1-2-13-7-3-4-10-20(13)11-6-12-21-16(22)14-8-5-9-18-15(14)19-17(21)23/h5,8-9,13H,2-4,6-7,10-12H2,1H3,(H,18,19,23)/t13-/m0/s1. The molecule has 3 rings (SSSR count). The number of aromatic amines is 1. The number of nitrogens with one attached hydrogen (secondary N) is 1. The Balaban J connectivity index is 1.72. The van der Waals surface area contributed by atoms with Crippen molar-refractivity contribution in [2.45, 2.75) is 51.6 Å². The molecule has 0 radical (unpaired) electrons. The van der Waals surface area contributed by atoms with Crippen molar-refractivity contribution in [1.29, 1.82) is 0 Å². The van der Waals surface area contributed by atoms with E-state index in [4.69, 9.17) is 12.2 Å². The minimum Gasteiger partial charge on any atom is -0.316 e. The van der Waals surface area contributed by atoms with E-state index >= 15 is 0 Å². The van der Waals surface area contributed by atoms with Crippen LogP contribution < -0.4 is 5.56 Å². The third-order valence-electron chi connectivity index (χ3n) is 4.80. The number of fused-ring (bicyclic) bond motifs is 1. The summed E-state index contributed by atoms with van der Waals surface area (Å²) in [7, 11) is 0. The molecule has 23 heavy (non-hydrogen) atoms. The second kappa shape index (κ2) is 7.36. The van der Waals surface area contributed by atoms with Gasteiger partial charge in [0.25, 0.3) is 5.56 Å². The third kappa shape index (κ3) is 3.53. The van der Waals surface area contributed by atoms with Crippen LogP contribution >= 0.6 is 12.2 Å². The van der Waals surface area contributed by atoms with Crippen LogP contribution in [0.1, 0.15) is 39.0 Å². The van der Waals surface area contributed by atoms with Gasteiger partial charge in [0.2, 0.25) is 0 Å². The molecule has 1 atom stereocenters. The van der Waals surface area contributed by atoms with Gasteiger partial charge in [0.1, 0.15) is 5.65 Å². The highest BCUT2D eigenvalue weighted by Gasteiger charge is 2.20. The van der Waals surface area contributed by atoms with Gasteiger partial charge in [-0.05, 0) is 56.6 Å². The number of aromatic nitrogens is 3. The predicted octanol–water partition coefficient (Wildman–Crippen LogP) is 3.11. The van der Waals surface area contributed by atoms with E-state index in [1.807, 2.05) is 0 Å². The van der Waals surface area contributed by atoms with E-state index < -0.39 is 0 Å². The number of likely N-dealkylation sites (tertiary alicyclic amines) is 1. The molecule has 1 aliphatic heterocycles. The van der Waals surface area contributed by atoms with Gasteiger partial charge < -0.3 is 9.88 Å². The minimum absolute atomic E-state index is 0.0393. The van der Waals surface area contributed by atoms with Gasteiger partial charge in [0.05, 0.1) is 5.39 Å². The summed E-state index contributed by atoms with van der Waals surface area (Å²) < 4.78 is 2.14. The summed E-state index contributed by atoms with van der Waals surface area (Å²) in [4.78, 5) is 22.4. The molecule has 0 spiro atoms.